The average Bonchev–Trinajstić information content (AvgIpc) is 3.30. The molecule has 8 heteroatoms. The zero-order valence-corrected chi connectivity index (χ0v) is 15.2. The molecule has 1 amide bonds. The number of hydrogen-bond acceptors (Lipinski definition) is 5. The summed E-state index contributed by atoms with van der Waals surface area (Å²) in [6.07, 6.45) is 0. The van der Waals surface area contributed by atoms with Crippen LogP contribution in [-0.2, 0) is 6.54 Å². The molecule has 2 aromatic carbocycles. The van der Waals surface area contributed by atoms with Crippen LogP contribution in [0.4, 0.5) is 4.39 Å². The molecule has 0 unspecified atom stereocenters. The first-order chi connectivity index (χ1) is 13.5. The van der Waals surface area contributed by atoms with E-state index >= 15 is 0 Å². The van der Waals surface area contributed by atoms with Crippen LogP contribution >= 0.6 is 0 Å². The molecule has 142 valence electrons. The zero-order chi connectivity index (χ0) is 19.7. The maximum atomic E-state index is 13.6. The lowest BCUT2D eigenvalue weighted by Crippen LogP contribution is -2.23. The van der Waals surface area contributed by atoms with Crippen molar-refractivity contribution < 1.29 is 18.3 Å². The van der Waals surface area contributed by atoms with E-state index in [0.717, 1.165) is 0 Å². The molecule has 7 nitrogen and oxygen atoms in total. The Hall–Kier alpha value is -3.68. The summed E-state index contributed by atoms with van der Waals surface area (Å²) in [4.78, 5) is 15.7. The lowest BCUT2D eigenvalue weighted by atomic mass is 10.1. The van der Waals surface area contributed by atoms with E-state index in [9.17, 15) is 9.18 Å². The van der Waals surface area contributed by atoms with E-state index in [1.54, 1.807) is 26.2 Å². The molecule has 0 aliphatic carbocycles. The van der Waals surface area contributed by atoms with E-state index in [4.69, 9.17) is 9.15 Å². The van der Waals surface area contributed by atoms with Gasteiger partial charge in [0.25, 0.3) is 5.91 Å². The van der Waals surface area contributed by atoms with Crippen LogP contribution in [-0.4, -0.2) is 28.2 Å². The molecular formula is C20H17FN4O3. The number of aromatic nitrogens is 3. The van der Waals surface area contributed by atoms with Crippen LogP contribution < -0.4 is 10.1 Å². The minimum atomic E-state index is -0.402. The van der Waals surface area contributed by atoms with Gasteiger partial charge in [0.15, 0.2) is 0 Å². The number of halogens is 1. The van der Waals surface area contributed by atoms with Gasteiger partial charge < -0.3 is 19.5 Å². The van der Waals surface area contributed by atoms with Crippen molar-refractivity contribution in [2.24, 2.45) is 0 Å². The second kappa shape index (κ2) is 7.15. The van der Waals surface area contributed by atoms with Gasteiger partial charge >= 0.3 is 0 Å². The average molecular weight is 380 g/mol. The minimum Gasteiger partial charge on any atom is -0.497 e. The largest absolute Gasteiger partial charge is 0.497 e. The molecule has 28 heavy (non-hydrogen) atoms. The Bertz CT molecular complexity index is 1170. The first-order valence-electron chi connectivity index (χ1n) is 8.58. The third-order valence-electron chi connectivity index (χ3n) is 4.36. The van der Waals surface area contributed by atoms with Crippen molar-refractivity contribution in [1.29, 1.82) is 0 Å². The van der Waals surface area contributed by atoms with Crippen molar-refractivity contribution in [3.05, 3.63) is 65.4 Å². The Morgan fingerprint density at radius 3 is 2.93 bits per heavy atom. The Morgan fingerprint density at radius 2 is 2.11 bits per heavy atom. The predicted octanol–water partition coefficient (Wildman–Crippen LogP) is 3.60. The molecule has 2 heterocycles. The van der Waals surface area contributed by atoms with Crippen molar-refractivity contribution in [3.8, 4) is 17.2 Å². The Morgan fingerprint density at radius 1 is 1.25 bits per heavy atom. The van der Waals surface area contributed by atoms with Crippen molar-refractivity contribution in [1.82, 2.24) is 20.5 Å². The van der Waals surface area contributed by atoms with Crippen molar-refractivity contribution >= 4 is 16.8 Å². The summed E-state index contributed by atoms with van der Waals surface area (Å²) in [5, 5.41) is 11.2. The summed E-state index contributed by atoms with van der Waals surface area (Å²) in [5.41, 5.74) is 2.46. The summed E-state index contributed by atoms with van der Waals surface area (Å²) < 4.78 is 24.4. The van der Waals surface area contributed by atoms with E-state index in [-0.39, 0.29) is 18.3 Å². The van der Waals surface area contributed by atoms with E-state index < -0.39 is 5.82 Å². The maximum absolute atomic E-state index is 13.6. The molecular weight excluding hydrogens is 363 g/mol. The molecule has 0 bridgehead atoms. The predicted molar refractivity (Wildman–Crippen MR) is 100 cm³/mol. The molecule has 0 atom stereocenters. The van der Waals surface area contributed by atoms with Gasteiger partial charge in [-0.2, -0.15) is 0 Å². The van der Waals surface area contributed by atoms with Crippen LogP contribution in [0.15, 0.2) is 46.9 Å². The van der Waals surface area contributed by atoms with Gasteiger partial charge in [-0.25, -0.2) is 4.39 Å². The molecule has 4 aromatic rings. The van der Waals surface area contributed by atoms with Crippen molar-refractivity contribution in [2.45, 2.75) is 13.5 Å². The summed E-state index contributed by atoms with van der Waals surface area (Å²) >= 11 is 0. The number of aromatic amines is 1. The van der Waals surface area contributed by atoms with Crippen LogP contribution in [0.5, 0.6) is 5.75 Å². The molecule has 2 aromatic heterocycles. The van der Waals surface area contributed by atoms with Gasteiger partial charge in [0, 0.05) is 22.2 Å². The van der Waals surface area contributed by atoms with Crippen molar-refractivity contribution in [2.75, 3.05) is 7.11 Å². The highest BCUT2D eigenvalue weighted by Gasteiger charge is 2.17. The van der Waals surface area contributed by atoms with Gasteiger partial charge in [0.1, 0.15) is 11.6 Å². The van der Waals surface area contributed by atoms with Gasteiger partial charge in [0.05, 0.1) is 19.2 Å². The summed E-state index contributed by atoms with van der Waals surface area (Å²) in [7, 11) is 1.58. The second-order valence-corrected chi connectivity index (χ2v) is 6.23. The number of fused-ring (bicyclic) bond motifs is 1. The van der Waals surface area contributed by atoms with E-state index in [2.05, 4.69) is 20.5 Å². The number of aryl methyl sites for hydroxylation is 1. The molecule has 4 rings (SSSR count). The molecule has 0 radical (unpaired) electrons. The minimum absolute atomic E-state index is 0.0528. The highest BCUT2D eigenvalue weighted by atomic mass is 19.1. The molecule has 2 N–H and O–H groups in total. The molecule has 0 fully saturated rings. The summed E-state index contributed by atoms with van der Waals surface area (Å²) in [5.74, 6) is 0.506. The van der Waals surface area contributed by atoms with Crippen LogP contribution in [0.2, 0.25) is 0 Å². The van der Waals surface area contributed by atoms with E-state index in [1.165, 1.54) is 12.1 Å². The summed E-state index contributed by atoms with van der Waals surface area (Å²) in [6.45, 7) is 1.82. The van der Waals surface area contributed by atoms with Crippen LogP contribution in [0.3, 0.4) is 0 Å². The topological polar surface area (TPSA) is 93.0 Å². The number of methoxy groups -OCH3 is 1. The second-order valence-electron chi connectivity index (χ2n) is 6.23. The number of carbonyl (C=O) groups excluding carboxylic acids is 1. The smallest absolute Gasteiger partial charge is 0.254 e. The first kappa shape index (κ1) is 17.7. The standard InChI is InChI=1S/C20H17FN4O3/c1-11-18(15-9-13(21)6-7-16(15)23-11)19(26)22-10-17-24-25-20(28-17)12-4-3-5-14(8-12)27-2/h3-9,23H,10H2,1-2H3,(H,22,26). The zero-order valence-electron chi connectivity index (χ0n) is 15.2. The van der Waals surface area contributed by atoms with Crippen molar-refractivity contribution in [3.63, 3.8) is 0 Å². The van der Waals surface area contributed by atoms with Crippen LogP contribution in [0.25, 0.3) is 22.4 Å². The number of benzene rings is 2. The fourth-order valence-corrected chi connectivity index (χ4v) is 3.03. The van der Waals surface area contributed by atoms with Gasteiger partial charge in [-0.15, -0.1) is 10.2 Å². The molecule has 0 saturated carbocycles. The molecule has 0 spiro atoms. The number of H-pyrrole nitrogens is 1. The number of ether oxygens (including phenoxy) is 1. The van der Waals surface area contributed by atoms with Crippen LogP contribution in [0.1, 0.15) is 21.9 Å². The maximum Gasteiger partial charge on any atom is 0.254 e. The first-order valence-corrected chi connectivity index (χ1v) is 8.58. The van der Waals surface area contributed by atoms with Gasteiger partial charge in [0.2, 0.25) is 11.8 Å². The van der Waals surface area contributed by atoms with Gasteiger partial charge in [-0.3, -0.25) is 4.79 Å². The number of nitrogens with zero attached hydrogens (tertiary/aromatic N) is 2. The molecule has 0 saturated heterocycles. The fraction of sp³-hybridized carbons (Fsp3) is 0.150. The number of hydrogen-bond donors (Lipinski definition) is 2. The quantitative estimate of drug-likeness (QED) is 0.552. The number of carbonyl (C=O) groups is 1. The monoisotopic (exact) mass is 380 g/mol. The Labute approximate surface area is 159 Å². The van der Waals surface area contributed by atoms with Gasteiger partial charge in [-0.1, -0.05) is 6.07 Å². The van der Waals surface area contributed by atoms with E-state index in [0.29, 0.717) is 39.4 Å². The molecule has 0 aliphatic heterocycles. The number of nitrogens with one attached hydrogen (secondary N) is 2. The normalized spacial score (nSPS) is 11.0. The molecule has 0 aliphatic rings. The van der Waals surface area contributed by atoms with E-state index in [1.807, 2.05) is 18.2 Å². The Balaban J connectivity index is 1.51. The summed E-state index contributed by atoms with van der Waals surface area (Å²) in [6, 6.07) is 11.5. The lowest BCUT2D eigenvalue weighted by Gasteiger charge is -2.03. The SMILES string of the molecule is COc1cccc(-c2nnc(CNC(=O)c3c(C)[nH]c4ccc(F)cc34)o2)c1. The highest BCUT2D eigenvalue weighted by Crippen LogP contribution is 2.24. The fourth-order valence-electron chi connectivity index (χ4n) is 3.03. The van der Waals surface area contributed by atoms with Gasteiger partial charge in [-0.05, 0) is 43.3 Å². The van der Waals surface area contributed by atoms with Crippen LogP contribution in [0, 0.1) is 12.7 Å². The third kappa shape index (κ3) is 3.32. The Kier molecular flexibility index (Phi) is 4.52. The third-order valence-corrected chi connectivity index (χ3v) is 4.36. The number of amides is 1. The number of rotatable bonds is 5. The lowest BCUT2D eigenvalue weighted by molar-refractivity contribution is 0.0948. The highest BCUT2D eigenvalue weighted by molar-refractivity contribution is 6.08.